The molecule has 2 atom stereocenters. The van der Waals surface area contributed by atoms with Crippen LogP contribution in [0.3, 0.4) is 0 Å². The second-order valence-electron chi connectivity index (χ2n) is 4.08. The van der Waals surface area contributed by atoms with Crippen LogP contribution in [-0.4, -0.2) is 55.1 Å². The lowest BCUT2D eigenvalue weighted by Crippen LogP contribution is -2.53. The first kappa shape index (κ1) is 9.96. The Morgan fingerprint density at radius 2 is 2.17 bits per heavy atom. The van der Waals surface area contributed by atoms with Gasteiger partial charge in [0.2, 0.25) is 0 Å². The Balaban J connectivity index is 2.34. The second-order valence-corrected chi connectivity index (χ2v) is 4.08. The van der Waals surface area contributed by atoms with Crippen LogP contribution < -0.4 is 5.73 Å². The van der Waals surface area contributed by atoms with E-state index in [0.29, 0.717) is 12.1 Å². The molecule has 12 heavy (non-hydrogen) atoms. The highest BCUT2D eigenvalue weighted by atomic mass is 15.3. The summed E-state index contributed by atoms with van der Waals surface area (Å²) in [4.78, 5) is 4.85. The van der Waals surface area contributed by atoms with Crippen LogP contribution in [0.25, 0.3) is 0 Å². The Morgan fingerprint density at radius 1 is 1.50 bits per heavy atom. The van der Waals surface area contributed by atoms with Crippen molar-refractivity contribution in [1.82, 2.24) is 9.80 Å². The van der Waals surface area contributed by atoms with Gasteiger partial charge in [-0.25, -0.2) is 0 Å². The van der Waals surface area contributed by atoms with Crippen molar-refractivity contribution in [3.05, 3.63) is 0 Å². The summed E-state index contributed by atoms with van der Waals surface area (Å²) in [5.41, 5.74) is 5.76. The van der Waals surface area contributed by atoms with Crippen molar-refractivity contribution in [2.24, 2.45) is 5.73 Å². The molecule has 0 aromatic rings. The maximum atomic E-state index is 5.76. The van der Waals surface area contributed by atoms with E-state index < -0.39 is 0 Å². The van der Waals surface area contributed by atoms with Gasteiger partial charge in [-0.1, -0.05) is 0 Å². The van der Waals surface area contributed by atoms with Gasteiger partial charge in [-0.2, -0.15) is 0 Å². The van der Waals surface area contributed by atoms with Crippen LogP contribution in [0.15, 0.2) is 0 Å². The molecule has 0 radical (unpaired) electrons. The van der Waals surface area contributed by atoms with E-state index in [-0.39, 0.29) is 0 Å². The predicted molar refractivity (Wildman–Crippen MR) is 52.2 cm³/mol. The van der Waals surface area contributed by atoms with Gasteiger partial charge in [-0.15, -0.1) is 0 Å². The number of rotatable bonds is 2. The zero-order valence-corrected chi connectivity index (χ0v) is 8.45. The quantitative estimate of drug-likeness (QED) is 0.633. The fourth-order valence-corrected chi connectivity index (χ4v) is 1.82. The molecule has 0 amide bonds. The van der Waals surface area contributed by atoms with Crippen LogP contribution in [0.5, 0.6) is 0 Å². The smallest absolute Gasteiger partial charge is 0.0195 e. The lowest BCUT2D eigenvalue weighted by molar-refractivity contribution is 0.0961. The lowest BCUT2D eigenvalue weighted by Gasteiger charge is -2.38. The third-order valence-corrected chi connectivity index (χ3v) is 2.49. The number of hydrogen-bond donors (Lipinski definition) is 1. The van der Waals surface area contributed by atoms with Crippen LogP contribution in [0, 0.1) is 0 Å². The number of nitrogens with two attached hydrogens (primary N) is 1. The Kier molecular flexibility index (Phi) is 3.50. The molecule has 0 aromatic carbocycles. The van der Waals surface area contributed by atoms with Crippen molar-refractivity contribution < 1.29 is 0 Å². The van der Waals surface area contributed by atoms with Gasteiger partial charge >= 0.3 is 0 Å². The molecule has 0 saturated carbocycles. The topological polar surface area (TPSA) is 32.5 Å². The number of piperazine rings is 1. The van der Waals surface area contributed by atoms with Gasteiger partial charge < -0.3 is 10.6 Å². The Bertz CT molecular complexity index is 136. The van der Waals surface area contributed by atoms with Gasteiger partial charge in [0.25, 0.3) is 0 Å². The molecule has 0 aromatic heterocycles. The summed E-state index contributed by atoms with van der Waals surface area (Å²) in [5.74, 6) is 0. The zero-order chi connectivity index (χ0) is 9.14. The Morgan fingerprint density at radius 3 is 2.67 bits per heavy atom. The molecular formula is C9H21N3. The first-order chi connectivity index (χ1) is 5.59. The third-order valence-electron chi connectivity index (χ3n) is 2.49. The van der Waals surface area contributed by atoms with Gasteiger partial charge in [0.1, 0.15) is 0 Å². The minimum absolute atomic E-state index is 0.302. The standard InChI is InChI=1S/C9H21N3/c1-8(10)6-12-5-4-11(3)7-9(12)2/h8-9H,4-7,10H2,1-3H3/t8-,9?/m0/s1. The number of hydrogen-bond acceptors (Lipinski definition) is 3. The number of likely N-dealkylation sites (N-methyl/N-ethyl adjacent to an activating group) is 1. The van der Waals surface area contributed by atoms with Crippen molar-refractivity contribution in [1.29, 1.82) is 0 Å². The average molecular weight is 171 g/mol. The highest BCUT2D eigenvalue weighted by Crippen LogP contribution is 2.07. The van der Waals surface area contributed by atoms with Crippen LogP contribution in [0.2, 0.25) is 0 Å². The third kappa shape index (κ3) is 2.73. The molecular weight excluding hydrogens is 150 g/mol. The van der Waals surface area contributed by atoms with Crippen molar-refractivity contribution in [3.8, 4) is 0 Å². The molecule has 0 bridgehead atoms. The average Bonchev–Trinajstić information content (AvgIpc) is 1.94. The first-order valence-electron chi connectivity index (χ1n) is 4.77. The van der Waals surface area contributed by atoms with Crippen molar-refractivity contribution in [3.63, 3.8) is 0 Å². The van der Waals surface area contributed by atoms with Gasteiger partial charge in [0, 0.05) is 38.3 Å². The molecule has 1 aliphatic heterocycles. The molecule has 1 saturated heterocycles. The van der Waals surface area contributed by atoms with Crippen LogP contribution in [-0.2, 0) is 0 Å². The summed E-state index contributed by atoms with van der Waals surface area (Å²) in [7, 11) is 2.18. The summed E-state index contributed by atoms with van der Waals surface area (Å²) in [5, 5.41) is 0. The van der Waals surface area contributed by atoms with Crippen molar-refractivity contribution in [2.45, 2.75) is 25.9 Å². The highest BCUT2D eigenvalue weighted by Gasteiger charge is 2.21. The molecule has 1 fully saturated rings. The monoisotopic (exact) mass is 171 g/mol. The normalized spacial score (nSPS) is 30.5. The predicted octanol–water partition coefficient (Wildman–Crippen LogP) is -0.0305. The number of nitrogens with zero attached hydrogens (tertiary/aromatic N) is 2. The van der Waals surface area contributed by atoms with E-state index in [1.165, 1.54) is 19.6 Å². The summed E-state index contributed by atoms with van der Waals surface area (Å²) < 4.78 is 0. The molecule has 0 aliphatic carbocycles. The highest BCUT2D eigenvalue weighted by molar-refractivity contribution is 4.78. The molecule has 0 spiro atoms. The summed E-state index contributed by atoms with van der Waals surface area (Å²) in [6.45, 7) is 8.90. The molecule has 1 aliphatic rings. The maximum Gasteiger partial charge on any atom is 0.0195 e. The molecule has 3 heteroatoms. The molecule has 1 rings (SSSR count). The fraction of sp³-hybridized carbons (Fsp3) is 1.00. The summed E-state index contributed by atoms with van der Waals surface area (Å²) >= 11 is 0. The lowest BCUT2D eigenvalue weighted by atomic mass is 10.2. The molecule has 1 unspecified atom stereocenters. The van der Waals surface area contributed by atoms with Gasteiger partial charge in [0.05, 0.1) is 0 Å². The van der Waals surface area contributed by atoms with E-state index in [2.05, 4.69) is 30.7 Å². The Hall–Kier alpha value is -0.120. The molecule has 72 valence electrons. The van der Waals surface area contributed by atoms with Gasteiger partial charge in [-0.05, 0) is 20.9 Å². The maximum absolute atomic E-state index is 5.76. The van der Waals surface area contributed by atoms with Gasteiger partial charge in [-0.3, -0.25) is 4.90 Å². The van der Waals surface area contributed by atoms with Crippen LogP contribution in [0.4, 0.5) is 0 Å². The fourth-order valence-electron chi connectivity index (χ4n) is 1.82. The Labute approximate surface area is 75.5 Å². The molecule has 3 nitrogen and oxygen atoms in total. The minimum atomic E-state index is 0.302. The van der Waals surface area contributed by atoms with E-state index in [1.807, 2.05) is 0 Å². The zero-order valence-electron chi connectivity index (χ0n) is 8.45. The van der Waals surface area contributed by atoms with Gasteiger partial charge in [0.15, 0.2) is 0 Å². The van der Waals surface area contributed by atoms with E-state index >= 15 is 0 Å². The van der Waals surface area contributed by atoms with E-state index in [9.17, 15) is 0 Å². The van der Waals surface area contributed by atoms with E-state index in [1.54, 1.807) is 0 Å². The SMILES string of the molecule is CC1CN(C)CCN1C[C@H](C)N. The second kappa shape index (κ2) is 4.21. The van der Waals surface area contributed by atoms with E-state index in [4.69, 9.17) is 5.73 Å². The summed E-state index contributed by atoms with van der Waals surface area (Å²) in [6, 6.07) is 0.964. The largest absolute Gasteiger partial charge is 0.327 e. The molecule has 2 N–H and O–H groups in total. The van der Waals surface area contributed by atoms with Crippen LogP contribution in [0.1, 0.15) is 13.8 Å². The van der Waals surface area contributed by atoms with Crippen LogP contribution >= 0.6 is 0 Å². The summed E-state index contributed by atoms with van der Waals surface area (Å²) in [6.07, 6.45) is 0. The van der Waals surface area contributed by atoms with E-state index in [0.717, 1.165) is 6.54 Å². The molecule has 1 heterocycles. The van der Waals surface area contributed by atoms with Crippen molar-refractivity contribution >= 4 is 0 Å². The van der Waals surface area contributed by atoms with Crippen molar-refractivity contribution in [2.75, 3.05) is 33.2 Å². The first-order valence-corrected chi connectivity index (χ1v) is 4.77. The minimum Gasteiger partial charge on any atom is -0.327 e.